The fourth-order valence-corrected chi connectivity index (χ4v) is 10.3. The number of hydrogen-bond donors (Lipinski definition) is 2. The van der Waals surface area contributed by atoms with E-state index >= 15 is 0 Å². The van der Waals surface area contributed by atoms with E-state index in [1.54, 1.807) is 31.3 Å². The SMILES string of the molecule is Cc1nccn1C[C@]1(O)CCC[C@H](C)[C@@H](C)S(=O)(=O)NC(=O)c2ccc3c(c2)N(C[C@@H]2CC[C@H]21)C[C@@]1(CCCc2cc(Cl)ccc21)CO3. The molecule has 6 atom stereocenters. The maximum absolute atomic E-state index is 13.5. The van der Waals surface area contributed by atoms with Crippen molar-refractivity contribution in [3.63, 3.8) is 0 Å². The number of imidazole rings is 1. The molecule has 1 saturated carbocycles. The van der Waals surface area contributed by atoms with E-state index in [1.165, 1.54) is 11.1 Å². The summed E-state index contributed by atoms with van der Waals surface area (Å²) in [5.41, 5.74) is 2.28. The van der Waals surface area contributed by atoms with Crippen LogP contribution in [0.25, 0.3) is 0 Å². The average Bonchev–Trinajstić information content (AvgIpc) is 3.35. The lowest BCUT2D eigenvalue weighted by Crippen LogP contribution is -2.54. The van der Waals surface area contributed by atoms with E-state index in [4.69, 9.17) is 16.3 Å². The van der Waals surface area contributed by atoms with Crippen LogP contribution in [-0.2, 0) is 28.4 Å². The summed E-state index contributed by atoms with van der Waals surface area (Å²) in [5, 5.41) is 12.5. The summed E-state index contributed by atoms with van der Waals surface area (Å²) in [4.78, 5) is 20.3. The molecule has 258 valence electrons. The molecule has 7 rings (SSSR count). The Labute approximate surface area is 289 Å². The molecule has 2 bridgehead atoms. The number of aryl methyl sites for hydroxylation is 2. The number of anilines is 1. The molecular formula is C37H47ClN4O5S. The number of nitrogens with one attached hydrogen (secondary N) is 1. The Morgan fingerprint density at radius 1 is 1.10 bits per heavy atom. The summed E-state index contributed by atoms with van der Waals surface area (Å²) in [5.74, 6) is 0.968. The van der Waals surface area contributed by atoms with Crippen molar-refractivity contribution in [1.82, 2.24) is 14.3 Å². The second kappa shape index (κ2) is 12.7. The van der Waals surface area contributed by atoms with Gasteiger partial charge in [-0.15, -0.1) is 0 Å². The Morgan fingerprint density at radius 2 is 1.94 bits per heavy atom. The molecule has 3 heterocycles. The van der Waals surface area contributed by atoms with Crippen LogP contribution in [0.5, 0.6) is 5.75 Å². The first-order valence-electron chi connectivity index (χ1n) is 17.4. The smallest absolute Gasteiger partial charge is 0.264 e. The quantitative estimate of drug-likeness (QED) is 0.336. The molecule has 2 aromatic carbocycles. The molecule has 1 spiro atoms. The largest absolute Gasteiger partial charge is 0.490 e. The van der Waals surface area contributed by atoms with Crippen LogP contribution in [0.4, 0.5) is 5.69 Å². The highest BCUT2D eigenvalue weighted by molar-refractivity contribution is 7.90. The lowest BCUT2D eigenvalue weighted by Gasteiger charge is -2.50. The van der Waals surface area contributed by atoms with Crippen LogP contribution in [0, 0.1) is 24.7 Å². The van der Waals surface area contributed by atoms with E-state index in [0.29, 0.717) is 51.3 Å². The Balaban J connectivity index is 1.31. The zero-order valence-electron chi connectivity index (χ0n) is 28.1. The van der Waals surface area contributed by atoms with Crippen LogP contribution < -0.4 is 14.4 Å². The monoisotopic (exact) mass is 694 g/mol. The summed E-state index contributed by atoms with van der Waals surface area (Å²) < 4.78 is 37.9. The van der Waals surface area contributed by atoms with Gasteiger partial charge in [0.2, 0.25) is 10.0 Å². The Morgan fingerprint density at radius 3 is 2.69 bits per heavy atom. The van der Waals surface area contributed by atoms with Gasteiger partial charge >= 0.3 is 0 Å². The minimum Gasteiger partial charge on any atom is -0.490 e. The third kappa shape index (κ3) is 6.13. The number of nitrogens with zero attached hydrogens (tertiary/aromatic N) is 3. The van der Waals surface area contributed by atoms with E-state index in [-0.39, 0.29) is 28.7 Å². The molecule has 3 aromatic rings. The Bertz CT molecular complexity index is 1810. The van der Waals surface area contributed by atoms with Crippen LogP contribution in [0.2, 0.25) is 5.02 Å². The molecule has 1 amide bonds. The maximum atomic E-state index is 13.5. The number of aliphatic hydroxyl groups is 1. The molecular weight excluding hydrogens is 648 g/mol. The summed E-state index contributed by atoms with van der Waals surface area (Å²) in [6.07, 6.45) is 10.4. The number of aromatic nitrogens is 2. The van der Waals surface area contributed by atoms with Gasteiger partial charge in [-0.1, -0.05) is 31.0 Å². The number of fused-ring (bicyclic) bond motifs is 4. The molecule has 9 nitrogen and oxygen atoms in total. The summed E-state index contributed by atoms with van der Waals surface area (Å²) in [7, 11) is -3.95. The van der Waals surface area contributed by atoms with E-state index in [1.807, 2.05) is 30.7 Å². The normalized spacial score (nSPS) is 31.9. The lowest BCUT2D eigenvalue weighted by molar-refractivity contribution is -0.0995. The van der Waals surface area contributed by atoms with Crippen LogP contribution in [0.15, 0.2) is 48.8 Å². The van der Waals surface area contributed by atoms with Crippen LogP contribution >= 0.6 is 11.6 Å². The molecule has 11 heteroatoms. The van der Waals surface area contributed by atoms with Gasteiger partial charge in [0.05, 0.1) is 29.7 Å². The number of carbonyl (C=O) groups is 1. The van der Waals surface area contributed by atoms with Crippen molar-refractivity contribution >= 4 is 33.2 Å². The third-order valence-electron chi connectivity index (χ3n) is 12.0. The van der Waals surface area contributed by atoms with Gasteiger partial charge < -0.3 is 19.3 Å². The minimum atomic E-state index is -3.95. The van der Waals surface area contributed by atoms with E-state index in [9.17, 15) is 18.3 Å². The second-order valence-corrected chi connectivity index (χ2v) is 17.5. The molecule has 0 saturated heterocycles. The standard InChI is InChI=1S/C37H47ClN4O5S/c1-24-6-4-15-37(44,22-41-17-16-39-26(41)3)32-11-8-29(32)20-42-21-36(14-5-7-27-18-30(38)10-12-31(27)36)23-47-34-13-9-28(19-33(34)42)35(43)40-48(45,46)25(24)2/h9-10,12-13,16-19,24-25,29,32,44H,4-8,11,14-15,20-23H2,1-3H3,(H,40,43)/t24-,25+,29-,32+,36-,37+/m0/s1. The minimum absolute atomic E-state index is 0.0520. The van der Waals surface area contributed by atoms with Crippen LogP contribution in [0.3, 0.4) is 0 Å². The first-order chi connectivity index (χ1) is 22.9. The van der Waals surface area contributed by atoms with Crippen molar-refractivity contribution in [2.24, 2.45) is 17.8 Å². The van der Waals surface area contributed by atoms with Crippen LogP contribution in [0.1, 0.15) is 86.1 Å². The number of carbonyl (C=O) groups excluding carboxylic acids is 1. The lowest BCUT2D eigenvalue weighted by atomic mass is 9.62. The van der Waals surface area contributed by atoms with E-state index in [0.717, 1.165) is 48.6 Å². The highest BCUT2D eigenvalue weighted by Gasteiger charge is 2.49. The van der Waals surface area contributed by atoms with Gasteiger partial charge in [0, 0.05) is 41.5 Å². The first kappa shape index (κ1) is 33.4. The van der Waals surface area contributed by atoms with E-state index < -0.39 is 26.8 Å². The van der Waals surface area contributed by atoms with Gasteiger partial charge in [-0.3, -0.25) is 4.79 Å². The zero-order chi connectivity index (χ0) is 33.8. The van der Waals surface area contributed by atoms with Gasteiger partial charge in [-0.05, 0) is 118 Å². The predicted molar refractivity (Wildman–Crippen MR) is 187 cm³/mol. The Kier molecular flexibility index (Phi) is 8.82. The number of benzene rings is 2. The number of amides is 1. The second-order valence-electron chi connectivity index (χ2n) is 15.0. The number of ether oxygens (including phenoxy) is 1. The van der Waals surface area contributed by atoms with Crippen molar-refractivity contribution < 1.29 is 23.1 Å². The fourth-order valence-electron chi connectivity index (χ4n) is 8.83. The molecule has 0 radical (unpaired) electrons. The summed E-state index contributed by atoms with van der Waals surface area (Å²) in [6, 6.07) is 11.4. The molecule has 4 aliphatic rings. The van der Waals surface area contributed by atoms with Crippen molar-refractivity contribution in [1.29, 1.82) is 0 Å². The summed E-state index contributed by atoms with van der Waals surface area (Å²) in [6.45, 7) is 7.82. The first-order valence-corrected chi connectivity index (χ1v) is 19.4. The molecule has 48 heavy (non-hydrogen) atoms. The molecule has 2 N–H and O–H groups in total. The zero-order valence-corrected chi connectivity index (χ0v) is 29.7. The number of rotatable bonds is 2. The highest BCUT2D eigenvalue weighted by Crippen LogP contribution is 2.49. The fraction of sp³-hybridized carbons (Fsp3) is 0.568. The van der Waals surface area contributed by atoms with E-state index in [2.05, 4.69) is 26.7 Å². The molecule has 0 unspecified atom stereocenters. The van der Waals surface area contributed by atoms with Crippen molar-refractivity contribution in [3.8, 4) is 5.75 Å². The average molecular weight is 695 g/mol. The number of hydrogen-bond acceptors (Lipinski definition) is 7. The van der Waals surface area contributed by atoms with Gasteiger partial charge in [0.25, 0.3) is 5.91 Å². The number of sulfonamides is 1. The molecule has 2 aliphatic heterocycles. The van der Waals surface area contributed by atoms with Crippen molar-refractivity contribution in [2.45, 2.75) is 94.9 Å². The third-order valence-corrected chi connectivity index (χ3v) is 14.2. The maximum Gasteiger partial charge on any atom is 0.264 e. The highest BCUT2D eigenvalue weighted by atomic mass is 35.5. The molecule has 1 aromatic heterocycles. The number of halogens is 1. The van der Waals surface area contributed by atoms with Gasteiger partial charge in [-0.2, -0.15) is 0 Å². The van der Waals surface area contributed by atoms with Crippen molar-refractivity contribution in [2.75, 3.05) is 24.6 Å². The molecule has 2 aliphatic carbocycles. The van der Waals surface area contributed by atoms with Gasteiger partial charge in [0.1, 0.15) is 11.6 Å². The van der Waals surface area contributed by atoms with Gasteiger partial charge in [0.15, 0.2) is 0 Å². The predicted octanol–water partition coefficient (Wildman–Crippen LogP) is 6.04. The van der Waals surface area contributed by atoms with Crippen LogP contribution in [-0.4, -0.2) is 59.5 Å². The van der Waals surface area contributed by atoms with Gasteiger partial charge in [-0.25, -0.2) is 18.1 Å². The Hall–Kier alpha value is -3.08. The van der Waals surface area contributed by atoms with Crippen molar-refractivity contribution in [3.05, 3.63) is 76.3 Å². The topological polar surface area (TPSA) is 114 Å². The summed E-state index contributed by atoms with van der Waals surface area (Å²) >= 11 is 6.45. The molecule has 1 fully saturated rings.